The number of benzene rings is 1. The average molecular weight is 278 g/mol. The molecule has 2 rings (SSSR count). The van der Waals surface area contributed by atoms with Crippen molar-refractivity contribution in [3.63, 3.8) is 0 Å². The second kappa shape index (κ2) is 6.59. The molecule has 0 amide bonds. The van der Waals surface area contributed by atoms with Crippen molar-refractivity contribution in [3.8, 4) is 5.75 Å². The van der Waals surface area contributed by atoms with Crippen molar-refractivity contribution in [1.82, 2.24) is 0 Å². The van der Waals surface area contributed by atoms with Crippen LogP contribution in [0, 0.1) is 16.0 Å². The van der Waals surface area contributed by atoms with Crippen molar-refractivity contribution in [3.05, 3.63) is 28.3 Å². The van der Waals surface area contributed by atoms with Crippen molar-refractivity contribution < 1.29 is 9.66 Å². The van der Waals surface area contributed by atoms with Crippen LogP contribution in [0.5, 0.6) is 5.75 Å². The number of nitrogens with zero attached hydrogens (tertiary/aromatic N) is 1. The molecule has 0 aromatic heterocycles. The highest BCUT2D eigenvalue weighted by Gasteiger charge is 2.19. The number of nitrogens with one attached hydrogen (secondary N) is 1. The van der Waals surface area contributed by atoms with E-state index in [1.807, 2.05) is 6.07 Å². The van der Waals surface area contributed by atoms with Gasteiger partial charge in [0.05, 0.1) is 12.0 Å². The van der Waals surface area contributed by atoms with Gasteiger partial charge in [-0.2, -0.15) is 0 Å². The molecule has 2 atom stereocenters. The van der Waals surface area contributed by atoms with Crippen LogP contribution in [0.2, 0.25) is 0 Å². The number of hydrogen-bond acceptors (Lipinski definition) is 4. The lowest BCUT2D eigenvalue weighted by atomic mass is 10.0. The lowest BCUT2D eigenvalue weighted by Crippen LogP contribution is -2.18. The van der Waals surface area contributed by atoms with Crippen LogP contribution in [-0.2, 0) is 0 Å². The van der Waals surface area contributed by atoms with Crippen molar-refractivity contribution in [1.29, 1.82) is 0 Å². The van der Waals surface area contributed by atoms with Crippen molar-refractivity contribution in [2.24, 2.45) is 5.92 Å². The van der Waals surface area contributed by atoms with E-state index in [4.69, 9.17) is 4.74 Å². The predicted octanol–water partition coefficient (Wildman–Crippen LogP) is 3.98. The normalized spacial score (nSPS) is 22.9. The number of anilines is 1. The maximum atomic E-state index is 11.0. The van der Waals surface area contributed by atoms with Crippen LogP contribution in [0.15, 0.2) is 18.2 Å². The number of hydrogen-bond donors (Lipinski definition) is 1. The summed E-state index contributed by atoms with van der Waals surface area (Å²) >= 11 is 0. The molecule has 1 aromatic carbocycles. The van der Waals surface area contributed by atoms with Crippen LogP contribution < -0.4 is 10.1 Å². The van der Waals surface area contributed by atoms with Gasteiger partial charge in [-0.25, -0.2) is 0 Å². The molecule has 0 spiro atoms. The molecular formula is C15H22N2O3. The number of nitro benzene ring substituents is 1. The molecule has 1 N–H and O–H groups in total. The number of rotatable bonds is 4. The fourth-order valence-electron chi connectivity index (χ4n) is 2.79. The molecule has 1 aliphatic rings. The molecule has 0 saturated heterocycles. The zero-order valence-electron chi connectivity index (χ0n) is 12.1. The van der Waals surface area contributed by atoms with Gasteiger partial charge in [-0.05, 0) is 37.3 Å². The van der Waals surface area contributed by atoms with Gasteiger partial charge in [0, 0.05) is 17.8 Å². The van der Waals surface area contributed by atoms with Crippen LogP contribution in [-0.4, -0.2) is 18.1 Å². The van der Waals surface area contributed by atoms with E-state index in [0.29, 0.717) is 11.8 Å². The third-order valence-electron chi connectivity index (χ3n) is 4.00. The van der Waals surface area contributed by atoms with Crippen molar-refractivity contribution in [2.45, 2.75) is 45.1 Å². The Morgan fingerprint density at radius 1 is 1.30 bits per heavy atom. The van der Waals surface area contributed by atoms with Gasteiger partial charge >= 0.3 is 5.69 Å². The third-order valence-corrected chi connectivity index (χ3v) is 4.00. The summed E-state index contributed by atoms with van der Waals surface area (Å²) in [6, 6.07) is 5.47. The molecule has 1 aromatic rings. The number of ether oxygens (including phenoxy) is 1. The SMILES string of the molecule is COc1ccc(NC2CCCC(C)CC2)cc1[N+](=O)[O-]. The summed E-state index contributed by atoms with van der Waals surface area (Å²) in [5, 5.41) is 14.4. The summed E-state index contributed by atoms with van der Waals surface area (Å²) in [6.45, 7) is 2.29. The second-order valence-electron chi connectivity index (χ2n) is 5.60. The van der Waals surface area contributed by atoms with Crippen LogP contribution in [0.1, 0.15) is 39.0 Å². The minimum absolute atomic E-state index is 0.0134. The van der Waals surface area contributed by atoms with Crippen LogP contribution in [0.4, 0.5) is 11.4 Å². The number of nitro groups is 1. The Bertz CT molecular complexity index is 476. The molecule has 20 heavy (non-hydrogen) atoms. The van der Waals surface area contributed by atoms with Gasteiger partial charge in [0.1, 0.15) is 0 Å². The van der Waals surface area contributed by atoms with Crippen LogP contribution in [0.25, 0.3) is 0 Å². The van der Waals surface area contributed by atoms with E-state index in [-0.39, 0.29) is 5.69 Å². The third kappa shape index (κ3) is 3.62. The second-order valence-corrected chi connectivity index (χ2v) is 5.60. The summed E-state index contributed by atoms with van der Waals surface area (Å²) in [4.78, 5) is 10.6. The molecular weight excluding hydrogens is 256 g/mol. The summed E-state index contributed by atoms with van der Waals surface area (Å²) in [5.74, 6) is 1.09. The molecule has 110 valence electrons. The monoisotopic (exact) mass is 278 g/mol. The van der Waals surface area contributed by atoms with E-state index in [1.54, 1.807) is 12.1 Å². The molecule has 0 bridgehead atoms. The van der Waals surface area contributed by atoms with E-state index < -0.39 is 4.92 Å². The van der Waals surface area contributed by atoms with E-state index in [2.05, 4.69) is 12.2 Å². The van der Waals surface area contributed by atoms with E-state index in [9.17, 15) is 10.1 Å². The smallest absolute Gasteiger partial charge is 0.312 e. The van der Waals surface area contributed by atoms with Crippen LogP contribution >= 0.6 is 0 Å². The van der Waals surface area contributed by atoms with Crippen molar-refractivity contribution in [2.75, 3.05) is 12.4 Å². The Kier molecular flexibility index (Phi) is 4.82. The number of methoxy groups -OCH3 is 1. The highest BCUT2D eigenvalue weighted by molar-refractivity contribution is 5.58. The predicted molar refractivity (Wildman–Crippen MR) is 79.3 cm³/mol. The zero-order valence-corrected chi connectivity index (χ0v) is 12.1. The molecule has 5 nitrogen and oxygen atoms in total. The van der Waals surface area contributed by atoms with Gasteiger partial charge < -0.3 is 10.1 Å². The molecule has 0 aliphatic heterocycles. The standard InChI is InChI=1S/C15H22N2O3/c1-11-4-3-5-12(7-6-11)16-13-8-9-15(20-2)14(10-13)17(18)19/h8-12,16H,3-7H2,1-2H3. The highest BCUT2D eigenvalue weighted by Crippen LogP contribution is 2.31. The average Bonchev–Trinajstić information content (AvgIpc) is 2.63. The lowest BCUT2D eigenvalue weighted by molar-refractivity contribution is -0.385. The molecule has 5 heteroatoms. The Hall–Kier alpha value is -1.78. The quantitative estimate of drug-likeness (QED) is 0.514. The minimum atomic E-state index is -0.404. The largest absolute Gasteiger partial charge is 0.490 e. The summed E-state index contributed by atoms with van der Waals surface area (Å²) < 4.78 is 5.02. The molecule has 0 heterocycles. The summed E-state index contributed by atoms with van der Waals surface area (Å²) in [7, 11) is 1.45. The van der Waals surface area contributed by atoms with Gasteiger partial charge in [0.15, 0.2) is 5.75 Å². The van der Waals surface area contributed by atoms with E-state index in [0.717, 1.165) is 24.4 Å². The Morgan fingerprint density at radius 3 is 2.80 bits per heavy atom. The first-order chi connectivity index (χ1) is 9.60. The summed E-state index contributed by atoms with van der Waals surface area (Å²) in [5.41, 5.74) is 0.816. The maximum absolute atomic E-state index is 11.0. The lowest BCUT2D eigenvalue weighted by Gasteiger charge is -2.18. The minimum Gasteiger partial charge on any atom is -0.490 e. The van der Waals surface area contributed by atoms with E-state index >= 15 is 0 Å². The Labute approximate surface area is 119 Å². The fourth-order valence-corrected chi connectivity index (χ4v) is 2.79. The first-order valence-corrected chi connectivity index (χ1v) is 7.19. The van der Waals surface area contributed by atoms with Crippen LogP contribution in [0.3, 0.4) is 0 Å². The van der Waals surface area contributed by atoms with Crippen molar-refractivity contribution >= 4 is 11.4 Å². The Balaban J connectivity index is 2.09. The van der Waals surface area contributed by atoms with Gasteiger partial charge in [-0.1, -0.05) is 19.8 Å². The highest BCUT2D eigenvalue weighted by atomic mass is 16.6. The van der Waals surface area contributed by atoms with Gasteiger partial charge in [-0.3, -0.25) is 10.1 Å². The zero-order chi connectivity index (χ0) is 14.5. The van der Waals surface area contributed by atoms with Gasteiger partial charge in [0.25, 0.3) is 0 Å². The maximum Gasteiger partial charge on any atom is 0.312 e. The van der Waals surface area contributed by atoms with Gasteiger partial charge in [0.2, 0.25) is 0 Å². The van der Waals surface area contributed by atoms with Gasteiger partial charge in [-0.15, -0.1) is 0 Å². The summed E-state index contributed by atoms with van der Waals surface area (Å²) in [6.07, 6.45) is 5.97. The molecule has 2 unspecified atom stereocenters. The molecule has 1 aliphatic carbocycles. The fraction of sp³-hybridized carbons (Fsp3) is 0.600. The first kappa shape index (κ1) is 14.6. The molecule has 0 radical (unpaired) electrons. The topological polar surface area (TPSA) is 64.4 Å². The Morgan fingerprint density at radius 2 is 2.10 bits per heavy atom. The first-order valence-electron chi connectivity index (χ1n) is 7.19. The van der Waals surface area contributed by atoms with E-state index in [1.165, 1.54) is 26.4 Å². The molecule has 1 saturated carbocycles. The molecule has 1 fully saturated rings.